The smallest absolute Gasteiger partial charge is 0.317 e. The molecule has 3 aliphatic rings. The molecule has 2 atom stereocenters. The second kappa shape index (κ2) is 7.54. The van der Waals surface area contributed by atoms with Crippen LogP contribution in [-0.2, 0) is 14.3 Å². The van der Waals surface area contributed by atoms with Gasteiger partial charge in [-0.2, -0.15) is 0 Å². The highest BCUT2D eigenvalue weighted by molar-refractivity contribution is 6.01. The Labute approximate surface area is 157 Å². The van der Waals surface area contributed by atoms with Crippen molar-refractivity contribution in [3.63, 3.8) is 0 Å². The van der Waals surface area contributed by atoms with Crippen molar-refractivity contribution in [3.8, 4) is 5.75 Å². The SMILES string of the molecule is O=C(O)CN1C[C@@H]2COC[C@H](C1)N(C(=O)C1=Cc3ccccc3OC=C1)C2. The summed E-state index contributed by atoms with van der Waals surface area (Å²) in [6.07, 6.45) is 5.06. The van der Waals surface area contributed by atoms with Crippen molar-refractivity contribution < 1.29 is 24.2 Å². The zero-order chi connectivity index (χ0) is 18.8. The minimum absolute atomic E-state index is 0.0150. The van der Waals surface area contributed by atoms with E-state index in [0.29, 0.717) is 44.2 Å². The number of fused-ring (bicyclic) bond motifs is 4. The Hall–Kier alpha value is -2.64. The molecule has 2 fully saturated rings. The molecule has 0 aromatic heterocycles. The molecular formula is C20H22N2O5. The Bertz CT molecular complexity index is 803. The van der Waals surface area contributed by atoms with E-state index in [1.54, 1.807) is 6.08 Å². The lowest BCUT2D eigenvalue weighted by Crippen LogP contribution is -2.47. The maximum Gasteiger partial charge on any atom is 0.317 e. The first kappa shape index (κ1) is 17.8. The number of carbonyl (C=O) groups excluding carboxylic acids is 1. The topological polar surface area (TPSA) is 79.3 Å². The maximum absolute atomic E-state index is 13.3. The lowest BCUT2D eigenvalue weighted by Gasteiger charge is -2.30. The van der Waals surface area contributed by atoms with Gasteiger partial charge in [0.1, 0.15) is 5.75 Å². The van der Waals surface area contributed by atoms with Crippen LogP contribution in [0.3, 0.4) is 0 Å². The Morgan fingerprint density at radius 2 is 2.00 bits per heavy atom. The summed E-state index contributed by atoms with van der Waals surface area (Å²) in [6, 6.07) is 7.40. The summed E-state index contributed by atoms with van der Waals surface area (Å²) in [7, 11) is 0. The fourth-order valence-corrected chi connectivity index (χ4v) is 3.91. The van der Waals surface area contributed by atoms with Gasteiger partial charge in [0.15, 0.2) is 0 Å². The second-order valence-corrected chi connectivity index (χ2v) is 7.16. The monoisotopic (exact) mass is 370 g/mol. The van der Waals surface area contributed by atoms with Crippen LogP contribution in [0.2, 0.25) is 0 Å². The van der Waals surface area contributed by atoms with Crippen LogP contribution >= 0.6 is 0 Å². The Morgan fingerprint density at radius 1 is 1.15 bits per heavy atom. The number of carboxylic acids is 1. The molecule has 1 amide bonds. The molecule has 7 nitrogen and oxygen atoms in total. The van der Waals surface area contributed by atoms with E-state index in [1.165, 1.54) is 6.26 Å². The molecule has 3 aliphatic heterocycles. The minimum Gasteiger partial charge on any atom is -0.480 e. The predicted octanol–water partition coefficient (Wildman–Crippen LogP) is 1.22. The first-order valence-electron chi connectivity index (χ1n) is 9.07. The number of hydrogen-bond donors (Lipinski definition) is 1. The fraction of sp³-hybridized carbons (Fsp3) is 0.400. The number of para-hydroxylation sites is 1. The average Bonchev–Trinajstić information content (AvgIpc) is 3.02. The van der Waals surface area contributed by atoms with Gasteiger partial charge in [0.25, 0.3) is 5.91 Å². The molecule has 0 aliphatic carbocycles. The molecule has 27 heavy (non-hydrogen) atoms. The van der Waals surface area contributed by atoms with E-state index in [0.717, 1.165) is 5.56 Å². The second-order valence-electron chi connectivity index (χ2n) is 7.16. The molecule has 2 saturated heterocycles. The molecule has 1 aromatic carbocycles. The van der Waals surface area contributed by atoms with Gasteiger partial charge in [0.2, 0.25) is 0 Å². The highest BCUT2D eigenvalue weighted by Crippen LogP contribution is 2.27. The molecule has 1 aromatic rings. The zero-order valence-electron chi connectivity index (χ0n) is 14.9. The van der Waals surface area contributed by atoms with Gasteiger partial charge in [-0.15, -0.1) is 0 Å². The van der Waals surface area contributed by atoms with Crippen molar-refractivity contribution in [1.82, 2.24) is 9.80 Å². The number of rotatable bonds is 3. The molecule has 142 valence electrons. The third kappa shape index (κ3) is 3.89. The zero-order valence-corrected chi connectivity index (χ0v) is 14.9. The van der Waals surface area contributed by atoms with Crippen LogP contribution in [0.25, 0.3) is 6.08 Å². The number of hydrogen-bond acceptors (Lipinski definition) is 5. The van der Waals surface area contributed by atoms with Crippen molar-refractivity contribution in [1.29, 1.82) is 0 Å². The first-order chi connectivity index (χ1) is 13.1. The van der Waals surface area contributed by atoms with Crippen LogP contribution in [0.5, 0.6) is 5.75 Å². The third-order valence-electron chi connectivity index (χ3n) is 5.08. The van der Waals surface area contributed by atoms with Crippen molar-refractivity contribution >= 4 is 18.0 Å². The van der Waals surface area contributed by atoms with Gasteiger partial charge < -0.3 is 19.5 Å². The molecule has 2 bridgehead atoms. The van der Waals surface area contributed by atoms with Gasteiger partial charge in [-0.3, -0.25) is 14.5 Å². The summed E-state index contributed by atoms with van der Waals surface area (Å²) in [5.41, 5.74) is 1.41. The van der Waals surface area contributed by atoms with Crippen LogP contribution in [0.4, 0.5) is 0 Å². The first-order valence-corrected chi connectivity index (χ1v) is 9.07. The number of nitrogens with zero attached hydrogens (tertiary/aromatic N) is 2. The summed E-state index contributed by atoms with van der Waals surface area (Å²) in [5, 5.41) is 9.14. The molecule has 0 spiro atoms. The third-order valence-corrected chi connectivity index (χ3v) is 5.08. The molecule has 1 N–H and O–H groups in total. The number of aliphatic carboxylic acids is 1. The number of carbonyl (C=O) groups is 2. The van der Waals surface area contributed by atoms with Crippen LogP contribution in [0.15, 0.2) is 42.2 Å². The lowest BCUT2D eigenvalue weighted by molar-refractivity contribution is -0.138. The predicted molar refractivity (Wildman–Crippen MR) is 98.1 cm³/mol. The summed E-state index contributed by atoms with van der Waals surface area (Å²) in [6.45, 7) is 2.62. The number of benzene rings is 1. The molecule has 0 unspecified atom stereocenters. The van der Waals surface area contributed by atoms with Crippen LogP contribution in [0.1, 0.15) is 5.56 Å². The van der Waals surface area contributed by atoms with Crippen molar-refractivity contribution in [3.05, 3.63) is 47.7 Å². The maximum atomic E-state index is 13.3. The normalized spacial score (nSPS) is 24.9. The molecular weight excluding hydrogens is 348 g/mol. The van der Waals surface area contributed by atoms with Crippen LogP contribution in [0, 0.1) is 5.92 Å². The summed E-state index contributed by atoms with van der Waals surface area (Å²) >= 11 is 0. The number of ether oxygens (including phenoxy) is 2. The number of carboxylic acid groups (broad SMARTS) is 1. The quantitative estimate of drug-likeness (QED) is 0.862. The minimum atomic E-state index is -0.850. The van der Waals surface area contributed by atoms with Crippen LogP contribution < -0.4 is 4.74 Å². The highest BCUT2D eigenvalue weighted by atomic mass is 16.5. The van der Waals surface area contributed by atoms with Crippen molar-refractivity contribution in [2.24, 2.45) is 5.92 Å². The Kier molecular flexibility index (Phi) is 4.96. The Morgan fingerprint density at radius 3 is 2.85 bits per heavy atom. The standard InChI is InChI=1S/C20H22N2O5/c23-19(24)11-21-8-14-9-22(17(10-21)13-26-12-14)20(25)16-5-6-27-18-4-2-1-3-15(18)7-16/h1-7,14,17H,8-13H2,(H,23,24)/t14-,17-/m0/s1. The highest BCUT2D eigenvalue weighted by Gasteiger charge is 2.37. The summed E-state index contributed by atoms with van der Waals surface area (Å²) < 4.78 is 11.3. The van der Waals surface area contributed by atoms with Gasteiger partial charge in [-0.05, 0) is 18.2 Å². The van der Waals surface area contributed by atoms with Crippen molar-refractivity contribution in [2.45, 2.75) is 6.04 Å². The van der Waals surface area contributed by atoms with E-state index >= 15 is 0 Å². The van der Waals surface area contributed by atoms with E-state index < -0.39 is 5.97 Å². The molecule has 3 heterocycles. The summed E-state index contributed by atoms with van der Waals surface area (Å²) in [5.74, 6) is -0.122. The van der Waals surface area contributed by atoms with E-state index in [9.17, 15) is 9.59 Å². The van der Waals surface area contributed by atoms with E-state index in [2.05, 4.69) is 0 Å². The largest absolute Gasteiger partial charge is 0.480 e. The van der Waals surface area contributed by atoms with Gasteiger partial charge in [-0.1, -0.05) is 18.2 Å². The summed E-state index contributed by atoms with van der Waals surface area (Å²) in [4.78, 5) is 28.2. The van der Waals surface area contributed by atoms with E-state index in [-0.39, 0.29) is 24.4 Å². The lowest BCUT2D eigenvalue weighted by atomic mass is 10.1. The molecule has 7 heteroatoms. The van der Waals surface area contributed by atoms with Gasteiger partial charge >= 0.3 is 5.97 Å². The number of amides is 1. The van der Waals surface area contributed by atoms with Crippen molar-refractivity contribution in [2.75, 3.05) is 39.4 Å². The fourth-order valence-electron chi connectivity index (χ4n) is 3.91. The van der Waals surface area contributed by atoms with E-state index in [4.69, 9.17) is 14.6 Å². The van der Waals surface area contributed by atoms with Gasteiger partial charge in [-0.25, -0.2) is 0 Å². The molecule has 0 saturated carbocycles. The van der Waals surface area contributed by atoms with Gasteiger partial charge in [0, 0.05) is 36.7 Å². The van der Waals surface area contributed by atoms with Crippen LogP contribution in [-0.4, -0.2) is 72.2 Å². The average molecular weight is 370 g/mol. The molecule has 0 radical (unpaired) electrons. The Balaban J connectivity index is 1.60. The molecule has 4 rings (SSSR count). The van der Waals surface area contributed by atoms with Gasteiger partial charge in [0.05, 0.1) is 32.1 Å². The van der Waals surface area contributed by atoms with E-state index in [1.807, 2.05) is 40.1 Å².